The fourth-order valence-electron chi connectivity index (χ4n) is 10.2. The van der Waals surface area contributed by atoms with Crippen LogP contribution in [0.1, 0.15) is 129 Å². The molecule has 3 heterocycles. The zero-order chi connectivity index (χ0) is 51.7. The van der Waals surface area contributed by atoms with Crippen molar-refractivity contribution in [2.45, 2.75) is 117 Å². The zero-order valence-corrected chi connectivity index (χ0v) is 47.5. The minimum atomic E-state index is -0.431. The van der Waals surface area contributed by atoms with Crippen molar-refractivity contribution >= 4 is 21.8 Å². The van der Waals surface area contributed by atoms with Crippen LogP contribution in [0.2, 0.25) is 0 Å². The van der Waals surface area contributed by atoms with Crippen LogP contribution in [0.5, 0.6) is 11.5 Å². The zero-order valence-electron chi connectivity index (χ0n) is 45.3. The minimum Gasteiger partial charge on any atom is -0.510 e. The van der Waals surface area contributed by atoms with Crippen LogP contribution in [-0.2, 0) is 48.1 Å². The average Bonchev–Trinajstić information content (AvgIpc) is 3.97. The summed E-state index contributed by atoms with van der Waals surface area (Å²) < 4.78 is 13.8. The number of rotatable bonds is 10. The monoisotopic (exact) mass is 1150 g/mol. The molecule has 0 radical (unpaired) electrons. The topological polar surface area (TPSA) is 35.9 Å². The van der Waals surface area contributed by atoms with Gasteiger partial charge in [-0.2, -0.15) is 6.07 Å². The maximum Gasteiger partial charge on any atom is 0.267 e. The molecule has 10 aromatic rings. The maximum atomic E-state index is 7.14. The van der Waals surface area contributed by atoms with Gasteiger partial charge in [0.2, 0.25) is 0 Å². The number of imidazole rings is 1. The molecule has 3 aromatic heterocycles. The molecule has 6 heteroatoms. The van der Waals surface area contributed by atoms with Crippen molar-refractivity contribution in [1.82, 2.24) is 14.1 Å². The van der Waals surface area contributed by atoms with E-state index in [1.165, 1.54) is 27.8 Å². The first-order valence-corrected chi connectivity index (χ1v) is 25.7. The molecule has 10 rings (SSSR count). The summed E-state index contributed by atoms with van der Waals surface area (Å²) in [6.07, 6.45) is 8.05. The third kappa shape index (κ3) is 9.96. The number of aromatic nitrogens is 4. The van der Waals surface area contributed by atoms with Crippen molar-refractivity contribution in [2.24, 2.45) is 0 Å². The van der Waals surface area contributed by atoms with Gasteiger partial charge in [0, 0.05) is 61.3 Å². The minimum absolute atomic E-state index is 0. The molecule has 0 amide bonds. The van der Waals surface area contributed by atoms with Gasteiger partial charge in [-0.25, -0.2) is 4.98 Å². The summed E-state index contributed by atoms with van der Waals surface area (Å²) >= 11 is 0. The van der Waals surface area contributed by atoms with Crippen molar-refractivity contribution in [3.05, 3.63) is 234 Å². The summed E-state index contributed by atoms with van der Waals surface area (Å²) in [6.45, 7) is 29.7. The van der Waals surface area contributed by atoms with Crippen molar-refractivity contribution in [1.29, 1.82) is 0 Å². The van der Waals surface area contributed by atoms with Gasteiger partial charge in [-0.1, -0.05) is 216 Å². The first-order valence-electron chi connectivity index (χ1n) is 25.7. The van der Waals surface area contributed by atoms with Crippen LogP contribution in [0, 0.1) is 18.5 Å². The molecule has 378 valence electrons. The Bertz CT molecular complexity index is 3640. The van der Waals surface area contributed by atoms with Gasteiger partial charge in [0.05, 0.1) is 11.4 Å². The van der Waals surface area contributed by atoms with Gasteiger partial charge in [0.15, 0.2) is 0 Å². The Morgan fingerprint density at radius 3 is 1.72 bits per heavy atom. The third-order valence-electron chi connectivity index (χ3n) is 14.8. The molecule has 0 aliphatic rings. The number of hydrogen-bond donors (Lipinski definition) is 0. The Balaban J connectivity index is 0.00000672. The van der Waals surface area contributed by atoms with E-state index >= 15 is 0 Å². The number of para-hydroxylation sites is 1. The Hall–Kier alpha value is -6.81. The van der Waals surface area contributed by atoms with Crippen LogP contribution in [-0.4, -0.2) is 14.1 Å². The van der Waals surface area contributed by atoms with E-state index in [1.54, 1.807) is 0 Å². The Kier molecular flexibility index (Phi) is 13.7. The molecule has 0 aliphatic carbocycles. The van der Waals surface area contributed by atoms with E-state index in [-0.39, 0.29) is 42.7 Å². The number of nitrogens with zero attached hydrogens (tertiary/aromatic N) is 4. The van der Waals surface area contributed by atoms with Gasteiger partial charge < -0.3 is 13.9 Å². The summed E-state index contributed by atoms with van der Waals surface area (Å²) in [5.74, 6) is 2.02. The van der Waals surface area contributed by atoms with Gasteiger partial charge in [0.1, 0.15) is 5.82 Å². The molecular formula is C68H68N4OPt-2. The summed E-state index contributed by atoms with van der Waals surface area (Å²) in [4.78, 5) is 4.99. The largest absolute Gasteiger partial charge is 0.510 e. The summed E-state index contributed by atoms with van der Waals surface area (Å²) in [5, 5.41) is 2.30. The smallest absolute Gasteiger partial charge is 0.267 e. The average molecular weight is 1150 g/mol. The van der Waals surface area contributed by atoms with Crippen LogP contribution < -0.4 is 9.30 Å². The van der Waals surface area contributed by atoms with Crippen molar-refractivity contribution < 1.29 is 30.4 Å². The quantitative estimate of drug-likeness (QED) is 0.101. The number of fused-ring (bicyclic) bond motifs is 3. The van der Waals surface area contributed by atoms with E-state index in [0.717, 1.165) is 61.4 Å². The Morgan fingerprint density at radius 2 is 1.08 bits per heavy atom. The predicted molar refractivity (Wildman–Crippen MR) is 301 cm³/mol. The fourth-order valence-corrected chi connectivity index (χ4v) is 10.2. The third-order valence-corrected chi connectivity index (χ3v) is 14.8. The number of pyridine rings is 1. The molecule has 0 atom stereocenters. The first-order chi connectivity index (χ1) is 34.6. The Morgan fingerprint density at radius 1 is 0.500 bits per heavy atom. The fraction of sp³-hybridized carbons (Fsp3) is 0.265. The van der Waals surface area contributed by atoms with Crippen LogP contribution in [0.3, 0.4) is 0 Å². The van der Waals surface area contributed by atoms with Crippen LogP contribution in [0.25, 0.3) is 50.1 Å². The van der Waals surface area contributed by atoms with Gasteiger partial charge in [-0.15, -0.1) is 35.4 Å². The van der Waals surface area contributed by atoms with E-state index in [9.17, 15) is 0 Å². The van der Waals surface area contributed by atoms with Crippen molar-refractivity contribution in [2.75, 3.05) is 0 Å². The van der Waals surface area contributed by atoms with E-state index < -0.39 is 5.41 Å². The van der Waals surface area contributed by atoms with Crippen LogP contribution in [0.15, 0.2) is 176 Å². The van der Waals surface area contributed by atoms with Crippen LogP contribution in [0.4, 0.5) is 0 Å². The normalized spacial score (nSPS) is 12.6. The molecule has 74 heavy (non-hydrogen) atoms. The molecule has 0 aliphatic heterocycles. The van der Waals surface area contributed by atoms with E-state index in [1.807, 2.05) is 6.20 Å². The van der Waals surface area contributed by atoms with E-state index in [4.69, 9.17) is 9.72 Å². The molecular weight excluding hydrogens is 1080 g/mol. The molecule has 0 unspecified atom stereocenters. The maximum absolute atomic E-state index is 7.14. The SMILES string of the molecule is CC(C)(C)c1cc(-[n+]2[c-]n(-c3[c-]c(Oc4[c-]c5c(c(C(C)(C)C)c4)c4ccccc4n5-c4cc(C(C)(C)C)ccn4)cc(-c4ccccc4)c3)cc2C(C)(C)c2ccccc2)cc(C(C)(C)c2ccccc2)c1.[Pt]. The number of ether oxygens (including phenoxy) is 1. The summed E-state index contributed by atoms with van der Waals surface area (Å²) in [7, 11) is 0. The molecule has 0 N–H and O–H groups in total. The molecule has 7 aromatic carbocycles. The van der Waals surface area contributed by atoms with Crippen molar-refractivity contribution in [3.8, 4) is 39.8 Å². The molecule has 0 spiro atoms. The summed E-state index contributed by atoms with van der Waals surface area (Å²) in [6, 6.07) is 66.2. The van der Waals surface area contributed by atoms with Gasteiger partial charge in [-0.3, -0.25) is 4.57 Å². The second kappa shape index (κ2) is 19.5. The molecule has 0 saturated heterocycles. The van der Waals surface area contributed by atoms with Gasteiger partial charge >= 0.3 is 0 Å². The predicted octanol–water partition coefficient (Wildman–Crippen LogP) is 16.6. The summed E-state index contributed by atoms with van der Waals surface area (Å²) in [5.41, 5.74) is 13.2. The van der Waals surface area contributed by atoms with E-state index in [0.29, 0.717) is 11.5 Å². The number of benzene rings is 7. The van der Waals surface area contributed by atoms with Crippen molar-refractivity contribution in [3.63, 3.8) is 0 Å². The molecule has 0 fully saturated rings. The first kappa shape index (κ1) is 52.1. The van der Waals surface area contributed by atoms with Gasteiger partial charge in [0.25, 0.3) is 6.33 Å². The Labute approximate surface area is 454 Å². The second-order valence-electron chi connectivity index (χ2n) is 23.9. The standard InChI is InChI=1S/C68H68N4O.Pt/c1-64(2,3)50-33-34-69-62(40-50)72-59-32-24-23-31-57(59)63-58(66(7,8)9)42-56(43-60(63)72)73-55-36-47(46-25-17-14-18-26-46)35-53(41-55)70-44-61(68(12,13)49-29-21-16-22-30-49)71(45-70)54-38-51(65(4,5)6)37-52(39-54)67(10,11)48-27-19-15-20-28-48;/h14-40,42,44H,1-13H3;/q-2;. The van der Waals surface area contributed by atoms with E-state index in [2.05, 4.69) is 292 Å². The number of hydrogen-bond acceptors (Lipinski definition) is 2. The molecule has 0 saturated carbocycles. The van der Waals surface area contributed by atoms with Gasteiger partial charge in [-0.05, 0) is 91.0 Å². The second-order valence-corrected chi connectivity index (χ2v) is 23.9. The molecule has 5 nitrogen and oxygen atoms in total. The van der Waals surface area contributed by atoms with Crippen LogP contribution >= 0.6 is 0 Å². The molecule has 0 bridgehead atoms.